The van der Waals surface area contributed by atoms with Gasteiger partial charge in [-0.25, -0.2) is 4.79 Å². The molecule has 4 rings (SSSR count). The predicted octanol–water partition coefficient (Wildman–Crippen LogP) is 4.58. The van der Waals surface area contributed by atoms with Crippen LogP contribution in [0.1, 0.15) is 36.4 Å². The van der Waals surface area contributed by atoms with Crippen molar-refractivity contribution in [2.75, 3.05) is 33.2 Å². The Balaban J connectivity index is 1.16. The molecular weight excluding hydrogens is 372 g/mol. The minimum absolute atomic E-state index is 0.0795. The number of fused-ring (bicyclic) bond motifs is 1. The SMILES string of the molecule is CN(CCCNC(=O)N1CCC(c2cc3ccccc3[nH]2)CC1)Cc1ccccc1. The summed E-state index contributed by atoms with van der Waals surface area (Å²) in [7, 11) is 2.13. The fourth-order valence-electron chi connectivity index (χ4n) is 4.34. The number of nitrogens with one attached hydrogen (secondary N) is 2. The molecule has 0 unspecified atom stereocenters. The van der Waals surface area contributed by atoms with Crippen molar-refractivity contribution in [3.8, 4) is 0 Å². The normalized spacial score (nSPS) is 15.1. The Morgan fingerprint density at radius 1 is 1.10 bits per heavy atom. The second kappa shape index (κ2) is 9.81. The van der Waals surface area contributed by atoms with E-state index in [1.807, 2.05) is 11.0 Å². The molecule has 5 nitrogen and oxygen atoms in total. The first-order chi connectivity index (χ1) is 14.7. The molecule has 2 aromatic carbocycles. The largest absolute Gasteiger partial charge is 0.358 e. The first kappa shape index (κ1) is 20.5. The van der Waals surface area contributed by atoms with Gasteiger partial charge in [-0.2, -0.15) is 0 Å². The molecule has 2 N–H and O–H groups in total. The molecular formula is C25H32N4O. The molecule has 1 fully saturated rings. The summed E-state index contributed by atoms with van der Waals surface area (Å²) < 4.78 is 0. The summed E-state index contributed by atoms with van der Waals surface area (Å²) in [4.78, 5) is 20.3. The van der Waals surface area contributed by atoms with Crippen LogP contribution in [0.25, 0.3) is 10.9 Å². The summed E-state index contributed by atoms with van der Waals surface area (Å²) >= 11 is 0. The number of nitrogens with zero attached hydrogens (tertiary/aromatic N) is 2. The number of aromatic amines is 1. The number of urea groups is 1. The van der Waals surface area contributed by atoms with Crippen molar-refractivity contribution in [2.45, 2.75) is 31.7 Å². The standard InChI is InChI=1S/C25H32N4O/c1-28(19-20-8-3-2-4-9-20)15-7-14-26-25(30)29-16-12-21(13-17-29)24-18-22-10-5-6-11-23(22)27-24/h2-6,8-11,18,21,27H,7,12-17,19H2,1H3,(H,26,30). The number of H-pyrrole nitrogens is 1. The van der Waals surface area contributed by atoms with E-state index in [0.29, 0.717) is 5.92 Å². The lowest BCUT2D eigenvalue weighted by Crippen LogP contribution is -2.44. The fraction of sp³-hybridized carbons (Fsp3) is 0.400. The summed E-state index contributed by atoms with van der Waals surface area (Å²) in [6.07, 6.45) is 2.99. The van der Waals surface area contributed by atoms with E-state index < -0.39 is 0 Å². The molecule has 0 atom stereocenters. The lowest BCUT2D eigenvalue weighted by molar-refractivity contribution is 0.180. The van der Waals surface area contributed by atoms with Gasteiger partial charge < -0.3 is 20.1 Å². The number of piperidine rings is 1. The quantitative estimate of drug-likeness (QED) is 0.567. The Kier molecular flexibility index (Phi) is 6.70. The van der Waals surface area contributed by atoms with Gasteiger partial charge in [0.25, 0.3) is 0 Å². The first-order valence-electron chi connectivity index (χ1n) is 11.0. The maximum Gasteiger partial charge on any atom is 0.317 e. The average Bonchev–Trinajstić information content (AvgIpc) is 3.22. The van der Waals surface area contributed by atoms with Crippen LogP contribution in [0, 0.1) is 0 Å². The van der Waals surface area contributed by atoms with Crippen molar-refractivity contribution in [1.82, 2.24) is 20.1 Å². The number of carbonyl (C=O) groups excluding carboxylic acids is 1. The van der Waals surface area contributed by atoms with Gasteiger partial charge in [-0.1, -0.05) is 48.5 Å². The van der Waals surface area contributed by atoms with Gasteiger partial charge >= 0.3 is 6.03 Å². The third-order valence-electron chi connectivity index (χ3n) is 6.06. The van der Waals surface area contributed by atoms with Gasteiger partial charge in [0.1, 0.15) is 0 Å². The molecule has 0 radical (unpaired) electrons. The van der Waals surface area contributed by atoms with E-state index >= 15 is 0 Å². The highest BCUT2D eigenvalue weighted by Crippen LogP contribution is 2.29. The number of amides is 2. The summed E-state index contributed by atoms with van der Waals surface area (Å²) in [5, 5.41) is 4.37. The Morgan fingerprint density at radius 3 is 2.60 bits per heavy atom. The highest BCUT2D eigenvalue weighted by molar-refractivity contribution is 5.80. The molecule has 1 aliphatic heterocycles. The van der Waals surface area contributed by atoms with Crippen LogP contribution in [0.5, 0.6) is 0 Å². The number of aromatic nitrogens is 1. The zero-order valence-corrected chi connectivity index (χ0v) is 17.8. The molecule has 1 aliphatic rings. The third kappa shape index (κ3) is 5.22. The molecule has 0 aliphatic carbocycles. The lowest BCUT2D eigenvalue weighted by atomic mass is 9.94. The molecule has 0 saturated carbocycles. The van der Waals surface area contributed by atoms with E-state index in [1.54, 1.807) is 0 Å². The molecule has 1 aromatic heterocycles. The van der Waals surface area contributed by atoms with Crippen LogP contribution in [-0.4, -0.2) is 54.0 Å². The predicted molar refractivity (Wildman–Crippen MR) is 123 cm³/mol. The number of likely N-dealkylation sites (tertiary alicyclic amines) is 1. The summed E-state index contributed by atoms with van der Waals surface area (Å²) in [6, 6.07) is 21.2. The zero-order chi connectivity index (χ0) is 20.8. The first-order valence-corrected chi connectivity index (χ1v) is 11.0. The molecule has 0 bridgehead atoms. The Morgan fingerprint density at radius 2 is 1.83 bits per heavy atom. The number of benzene rings is 2. The molecule has 3 aromatic rings. The van der Waals surface area contributed by atoms with E-state index in [-0.39, 0.29) is 6.03 Å². The fourth-order valence-corrected chi connectivity index (χ4v) is 4.34. The van der Waals surface area contributed by atoms with E-state index in [2.05, 4.69) is 76.8 Å². The van der Waals surface area contributed by atoms with Crippen molar-refractivity contribution in [2.24, 2.45) is 0 Å². The van der Waals surface area contributed by atoms with Crippen LogP contribution >= 0.6 is 0 Å². The number of rotatable bonds is 7. The van der Waals surface area contributed by atoms with Gasteiger partial charge in [0, 0.05) is 43.3 Å². The second-order valence-corrected chi connectivity index (χ2v) is 8.38. The van der Waals surface area contributed by atoms with E-state index in [0.717, 1.165) is 52.0 Å². The van der Waals surface area contributed by atoms with Crippen molar-refractivity contribution >= 4 is 16.9 Å². The van der Waals surface area contributed by atoms with Gasteiger partial charge in [0.05, 0.1) is 0 Å². The maximum absolute atomic E-state index is 12.5. The van der Waals surface area contributed by atoms with Gasteiger partial charge in [-0.15, -0.1) is 0 Å². The van der Waals surface area contributed by atoms with Crippen molar-refractivity contribution in [3.05, 3.63) is 71.9 Å². The van der Waals surface area contributed by atoms with Crippen molar-refractivity contribution < 1.29 is 4.79 Å². The third-order valence-corrected chi connectivity index (χ3v) is 6.06. The van der Waals surface area contributed by atoms with Gasteiger partial charge in [-0.3, -0.25) is 0 Å². The Bertz CT molecular complexity index is 911. The summed E-state index contributed by atoms with van der Waals surface area (Å²) in [5.74, 6) is 0.507. The summed E-state index contributed by atoms with van der Waals surface area (Å²) in [6.45, 7) is 4.27. The monoisotopic (exact) mass is 404 g/mol. The highest BCUT2D eigenvalue weighted by atomic mass is 16.2. The number of hydrogen-bond acceptors (Lipinski definition) is 2. The topological polar surface area (TPSA) is 51.4 Å². The van der Waals surface area contributed by atoms with Crippen LogP contribution in [0.3, 0.4) is 0 Å². The molecule has 2 amide bonds. The number of hydrogen-bond donors (Lipinski definition) is 2. The van der Waals surface area contributed by atoms with Crippen LogP contribution in [0.15, 0.2) is 60.7 Å². The second-order valence-electron chi connectivity index (χ2n) is 8.38. The van der Waals surface area contributed by atoms with Gasteiger partial charge in [-0.05, 0) is 55.9 Å². The lowest BCUT2D eigenvalue weighted by Gasteiger charge is -2.31. The van der Waals surface area contributed by atoms with E-state index in [9.17, 15) is 4.79 Å². The molecule has 30 heavy (non-hydrogen) atoms. The van der Waals surface area contributed by atoms with Crippen LogP contribution in [-0.2, 0) is 6.54 Å². The smallest absolute Gasteiger partial charge is 0.317 e. The minimum atomic E-state index is 0.0795. The molecule has 2 heterocycles. The van der Waals surface area contributed by atoms with Crippen LogP contribution < -0.4 is 5.32 Å². The van der Waals surface area contributed by atoms with Crippen molar-refractivity contribution in [3.63, 3.8) is 0 Å². The Labute approximate surface area is 179 Å². The van der Waals surface area contributed by atoms with Crippen LogP contribution in [0.2, 0.25) is 0 Å². The minimum Gasteiger partial charge on any atom is -0.358 e. The van der Waals surface area contributed by atoms with Gasteiger partial charge in [0.15, 0.2) is 0 Å². The van der Waals surface area contributed by atoms with E-state index in [1.165, 1.54) is 22.2 Å². The molecule has 158 valence electrons. The maximum atomic E-state index is 12.5. The zero-order valence-electron chi connectivity index (χ0n) is 17.8. The average molecular weight is 405 g/mol. The van der Waals surface area contributed by atoms with Crippen LogP contribution in [0.4, 0.5) is 4.79 Å². The molecule has 1 saturated heterocycles. The molecule has 5 heteroatoms. The van der Waals surface area contributed by atoms with E-state index in [4.69, 9.17) is 0 Å². The summed E-state index contributed by atoms with van der Waals surface area (Å²) in [5.41, 5.74) is 3.82. The highest BCUT2D eigenvalue weighted by Gasteiger charge is 2.24. The number of para-hydroxylation sites is 1. The number of carbonyl (C=O) groups is 1. The van der Waals surface area contributed by atoms with Crippen molar-refractivity contribution in [1.29, 1.82) is 0 Å². The molecule has 0 spiro atoms. The van der Waals surface area contributed by atoms with Gasteiger partial charge in [0.2, 0.25) is 0 Å². The Hall–Kier alpha value is -2.79.